The Hall–Kier alpha value is -3.27. The predicted octanol–water partition coefficient (Wildman–Crippen LogP) is 2.98. The average Bonchev–Trinajstić information content (AvgIpc) is 3.50. The van der Waals surface area contributed by atoms with Gasteiger partial charge in [-0.3, -0.25) is 19.8 Å². The molecule has 2 spiro atoms. The van der Waals surface area contributed by atoms with Crippen molar-refractivity contribution in [3.8, 4) is 0 Å². The number of hydrogen-bond donors (Lipinski definition) is 2. The lowest BCUT2D eigenvalue weighted by atomic mass is 9.72. The van der Waals surface area contributed by atoms with E-state index < -0.39 is 5.54 Å². The molecule has 3 saturated heterocycles. The zero-order chi connectivity index (χ0) is 26.2. The fourth-order valence-corrected chi connectivity index (χ4v) is 7.33. The second-order valence-corrected chi connectivity index (χ2v) is 12.3. The van der Waals surface area contributed by atoms with Crippen molar-refractivity contribution in [2.45, 2.75) is 70.0 Å². The van der Waals surface area contributed by atoms with Gasteiger partial charge in [0.1, 0.15) is 17.2 Å². The average molecular weight is 520 g/mol. The van der Waals surface area contributed by atoms with Gasteiger partial charge in [-0.25, -0.2) is 9.37 Å². The zero-order valence-corrected chi connectivity index (χ0v) is 22.0. The van der Waals surface area contributed by atoms with Gasteiger partial charge in [-0.05, 0) is 44.9 Å². The minimum atomic E-state index is -0.920. The lowest BCUT2D eigenvalue weighted by molar-refractivity contribution is -0.126. The number of carbonyl (C=O) groups excluding carboxylic acids is 2. The van der Waals surface area contributed by atoms with Gasteiger partial charge in [-0.1, -0.05) is 12.8 Å². The third-order valence-corrected chi connectivity index (χ3v) is 9.24. The van der Waals surface area contributed by atoms with Crippen LogP contribution in [0.3, 0.4) is 0 Å². The van der Waals surface area contributed by atoms with Crippen molar-refractivity contribution in [3.05, 3.63) is 35.8 Å². The molecule has 2 N–H and O–H groups in total. The Kier molecular flexibility index (Phi) is 5.24. The molecule has 7 rings (SSSR count). The summed E-state index contributed by atoms with van der Waals surface area (Å²) in [7, 11) is 0. The summed E-state index contributed by atoms with van der Waals surface area (Å²) >= 11 is 0. The Morgan fingerprint density at radius 2 is 1.87 bits per heavy atom. The van der Waals surface area contributed by atoms with Crippen LogP contribution in [-0.2, 0) is 16.0 Å². The van der Waals surface area contributed by atoms with E-state index in [1.165, 1.54) is 6.07 Å². The maximum absolute atomic E-state index is 15.2. The molecule has 1 aromatic carbocycles. The number of benzene rings is 1. The van der Waals surface area contributed by atoms with Gasteiger partial charge in [0.25, 0.3) is 5.91 Å². The van der Waals surface area contributed by atoms with Crippen molar-refractivity contribution >= 4 is 35.0 Å². The third kappa shape index (κ3) is 3.60. The van der Waals surface area contributed by atoms with E-state index in [9.17, 15) is 9.59 Å². The minimum Gasteiger partial charge on any atom is -0.368 e. The molecule has 5 aliphatic rings. The maximum atomic E-state index is 15.2. The summed E-state index contributed by atoms with van der Waals surface area (Å²) in [6.07, 6.45) is 6.43. The number of nitrogens with zero attached hydrogens (tertiary/aromatic N) is 5. The molecule has 0 radical (unpaired) electrons. The summed E-state index contributed by atoms with van der Waals surface area (Å²) in [6, 6.07) is 5.91. The highest BCUT2D eigenvalue weighted by molar-refractivity contribution is 6.11. The van der Waals surface area contributed by atoms with Crippen molar-refractivity contribution in [2.75, 3.05) is 41.3 Å². The molecule has 1 aliphatic carbocycles. The number of anilines is 4. The first-order valence-electron chi connectivity index (χ1n) is 13.8. The third-order valence-electron chi connectivity index (χ3n) is 9.24. The van der Waals surface area contributed by atoms with Gasteiger partial charge in [0, 0.05) is 67.5 Å². The van der Waals surface area contributed by atoms with Crippen LogP contribution in [0.2, 0.25) is 0 Å². The highest BCUT2D eigenvalue weighted by Gasteiger charge is 2.58. The molecule has 10 heteroatoms. The summed E-state index contributed by atoms with van der Waals surface area (Å²) in [5.74, 6) is 0.310. The second-order valence-electron chi connectivity index (χ2n) is 12.3. The Morgan fingerprint density at radius 3 is 2.53 bits per heavy atom. The Morgan fingerprint density at radius 1 is 1.11 bits per heavy atom. The smallest absolute Gasteiger partial charge is 0.253 e. The predicted molar refractivity (Wildman–Crippen MR) is 142 cm³/mol. The highest BCUT2D eigenvalue weighted by Crippen LogP contribution is 2.47. The van der Waals surface area contributed by atoms with Gasteiger partial charge in [-0.2, -0.15) is 4.98 Å². The molecule has 200 valence electrons. The molecular weight excluding hydrogens is 485 g/mol. The summed E-state index contributed by atoms with van der Waals surface area (Å²) in [5.41, 5.74) is 1.47. The van der Waals surface area contributed by atoms with Crippen molar-refractivity contribution in [3.63, 3.8) is 0 Å². The summed E-state index contributed by atoms with van der Waals surface area (Å²) in [6.45, 7) is 8.40. The van der Waals surface area contributed by atoms with E-state index >= 15 is 4.39 Å². The van der Waals surface area contributed by atoms with Crippen LogP contribution in [0.15, 0.2) is 24.4 Å². The number of likely N-dealkylation sites (tertiary alicyclic amines) is 1. The van der Waals surface area contributed by atoms with Crippen LogP contribution >= 0.6 is 0 Å². The fourth-order valence-electron chi connectivity index (χ4n) is 7.33. The largest absolute Gasteiger partial charge is 0.368 e. The molecule has 2 aromatic rings. The monoisotopic (exact) mass is 519 g/mol. The molecule has 5 heterocycles. The fraction of sp³-hybridized carbons (Fsp3) is 0.571. The first-order chi connectivity index (χ1) is 18.3. The van der Waals surface area contributed by atoms with E-state index in [1.54, 1.807) is 6.20 Å². The van der Waals surface area contributed by atoms with Crippen molar-refractivity contribution < 1.29 is 14.0 Å². The summed E-state index contributed by atoms with van der Waals surface area (Å²) in [5, 5.41) is 5.67. The molecule has 1 aromatic heterocycles. The lowest BCUT2D eigenvalue weighted by Crippen LogP contribution is -2.73. The maximum Gasteiger partial charge on any atom is 0.253 e. The first-order valence-corrected chi connectivity index (χ1v) is 13.8. The van der Waals surface area contributed by atoms with E-state index in [4.69, 9.17) is 4.98 Å². The normalized spacial score (nSPS) is 26.3. The first kappa shape index (κ1) is 23.8. The molecule has 0 bridgehead atoms. The Bertz CT molecular complexity index is 1310. The molecule has 9 nitrogen and oxygen atoms in total. The standard InChI is InChI=1S/C28H34FN7O2/c1-17(2)34-13-27(14-34)15-35(16-27)22-8-7-19(9-21(22)29)31-26-30-12-18-10-28(11-23(37)32-25(28)38)36(24(18)33-26)20-5-3-4-6-20/h7-9,12,17,20H,3-6,10-11,13-16H2,1-2H3,(H,30,31,33)(H,32,37,38). The molecular formula is C28H34FN7O2. The number of hydrogen-bond acceptors (Lipinski definition) is 8. The second kappa shape index (κ2) is 8.36. The Labute approximate surface area is 221 Å². The quantitative estimate of drug-likeness (QED) is 0.583. The van der Waals surface area contributed by atoms with Crippen molar-refractivity contribution in [1.82, 2.24) is 20.2 Å². The van der Waals surface area contributed by atoms with Crippen molar-refractivity contribution in [2.24, 2.45) is 5.41 Å². The van der Waals surface area contributed by atoms with Crippen LogP contribution in [0.1, 0.15) is 51.5 Å². The number of halogens is 1. The number of fused-ring (bicyclic) bond motifs is 1. The van der Waals surface area contributed by atoms with Gasteiger partial charge < -0.3 is 15.1 Å². The number of nitrogens with one attached hydrogen (secondary N) is 2. The molecule has 4 fully saturated rings. The zero-order valence-electron chi connectivity index (χ0n) is 22.0. The van der Waals surface area contributed by atoms with Gasteiger partial charge in [-0.15, -0.1) is 0 Å². The van der Waals surface area contributed by atoms with E-state index in [1.807, 2.05) is 12.1 Å². The van der Waals surface area contributed by atoms with E-state index in [0.29, 0.717) is 41.0 Å². The molecule has 1 unspecified atom stereocenters. The van der Waals surface area contributed by atoms with Gasteiger partial charge >= 0.3 is 0 Å². The van der Waals surface area contributed by atoms with Crippen LogP contribution in [0, 0.1) is 11.2 Å². The van der Waals surface area contributed by atoms with Gasteiger partial charge in [0.05, 0.1) is 12.1 Å². The number of carbonyl (C=O) groups is 2. The number of aromatic nitrogens is 2. The van der Waals surface area contributed by atoms with Crippen LogP contribution in [0.25, 0.3) is 0 Å². The number of rotatable bonds is 5. The highest BCUT2D eigenvalue weighted by atomic mass is 19.1. The van der Waals surface area contributed by atoms with Crippen LogP contribution in [0.5, 0.6) is 0 Å². The van der Waals surface area contributed by atoms with E-state index in [-0.39, 0.29) is 30.1 Å². The Balaban J connectivity index is 1.09. The minimum absolute atomic E-state index is 0.140. The SMILES string of the molecule is CC(C)N1CC2(CN(c3ccc(Nc4ncc5c(n4)N(C4CCCC4)C4(CC(=O)NC4=O)C5)cc3F)C2)C1. The van der Waals surface area contributed by atoms with Crippen LogP contribution in [0.4, 0.5) is 27.5 Å². The number of imide groups is 1. The topological polar surface area (TPSA) is 93.7 Å². The van der Waals surface area contributed by atoms with E-state index in [0.717, 1.165) is 57.4 Å². The molecule has 1 saturated carbocycles. The van der Waals surface area contributed by atoms with Gasteiger partial charge in [0.2, 0.25) is 11.9 Å². The summed E-state index contributed by atoms with van der Waals surface area (Å²) < 4.78 is 15.2. The summed E-state index contributed by atoms with van der Waals surface area (Å²) in [4.78, 5) is 41.2. The molecule has 38 heavy (non-hydrogen) atoms. The lowest BCUT2D eigenvalue weighted by Gasteiger charge is -2.62. The van der Waals surface area contributed by atoms with Crippen LogP contribution in [-0.4, -0.2) is 70.5 Å². The molecule has 4 aliphatic heterocycles. The van der Waals surface area contributed by atoms with E-state index in [2.05, 4.69) is 44.2 Å². The van der Waals surface area contributed by atoms with Gasteiger partial charge in [0.15, 0.2) is 0 Å². The molecule has 1 atom stereocenters. The number of amides is 2. The van der Waals surface area contributed by atoms with Crippen molar-refractivity contribution in [1.29, 1.82) is 0 Å². The molecule has 2 amide bonds. The van der Waals surface area contributed by atoms with Crippen LogP contribution < -0.4 is 20.4 Å².